The van der Waals surface area contributed by atoms with Crippen molar-refractivity contribution in [2.75, 3.05) is 7.11 Å². The lowest BCUT2D eigenvalue weighted by Gasteiger charge is -2.40. The Kier molecular flexibility index (Phi) is 3.89. The van der Waals surface area contributed by atoms with E-state index in [1.165, 1.54) is 13.2 Å². The summed E-state index contributed by atoms with van der Waals surface area (Å²) in [5.41, 5.74) is -0.804. The van der Waals surface area contributed by atoms with E-state index in [0.29, 0.717) is 11.1 Å². The van der Waals surface area contributed by atoms with Crippen LogP contribution in [0.1, 0.15) is 32.4 Å². The predicted molar refractivity (Wildman–Crippen MR) is 96.3 cm³/mol. The van der Waals surface area contributed by atoms with E-state index >= 15 is 0 Å². The maximum absolute atomic E-state index is 12.6. The summed E-state index contributed by atoms with van der Waals surface area (Å²) in [4.78, 5) is 36.5. The van der Waals surface area contributed by atoms with Crippen LogP contribution < -0.4 is 0 Å². The van der Waals surface area contributed by atoms with Crippen molar-refractivity contribution in [1.29, 1.82) is 0 Å². The van der Waals surface area contributed by atoms with Crippen LogP contribution in [0.4, 0.5) is 0 Å². The molecule has 3 aliphatic heterocycles. The molecular formula is C21H22O8. The number of carbonyl (C=O) groups excluding carboxylic acids is 2. The maximum Gasteiger partial charge on any atom is 0.339 e. The summed E-state index contributed by atoms with van der Waals surface area (Å²) in [5, 5.41) is 0. The zero-order chi connectivity index (χ0) is 20.6. The summed E-state index contributed by atoms with van der Waals surface area (Å²) in [6.07, 6.45) is -1.60. The van der Waals surface area contributed by atoms with Crippen LogP contribution in [0.3, 0.4) is 0 Å². The van der Waals surface area contributed by atoms with Crippen molar-refractivity contribution < 1.29 is 38.3 Å². The Labute approximate surface area is 167 Å². The van der Waals surface area contributed by atoms with Gasteiger partial charge in [-0.2, -0.15) is 4.89 Å². The molecule has 3 heterocycles. The Morgan fingerprint density at radius 2 is 1.83 bits per heavy atom. The smallest absolute Gasteiger partial charge is 0.339 e. The van der Waals surface area contributed by atoms with Crippen LogP contribution in [-0.2, 0) is 38.3 Å². The number of fused-ring (bicyclic) bond motifs is 2. The van der Waals surface area contributed by atoms with Crippen LogP contribution in [0.15, 0.2) is 42.0 Å². The third kappa shape index (κ3) is 2.50. The van der Waals surface area contributed by atoms with Crippen LogP contribution in [0.5, 0.6) is 0 Å². The molecule has 1 spiro atoms. The van der Waals surface area contributed by atoms with E-state index in [1.54, 1.807) is 32.9 Å². The van der Waals surface area contributed by atoms with Gasteiger partial charge in [0.2, 0.25) is 0 Å². The minimum absolute atomic E-state index is 0.191. The Bertz CT molecular complexity index is 909. The quantitative estimate of drug-likeness (QED) is 0.428. The van der Waals surface area contributed by atoms with Gasteiger partial charge in [0.05, 0.1) is 7.11 Å². The monoisotopic (exact) mass is 402 g/mol. The molecular weight excluding hydrogens is 380 g/mol. The first-order valence-electron chi connectivity index (χ1n) is 9.50. The van der Waals surface area contributed by atoms with Crippen LogP contribution in [0.25, 0.3) is 0 Å². The number of methoxy groups -OCH3 is 1. The third-order valence-corrected chi connectivity index (χ3v) is 6.08. The minimum atomic E-state index is -1.37. The second-order valence-corrected chi connectivity index (χ2v) is 8.42. The Hall–Kier alpha value is -2.10. The topological polar surface area (TPSA) is 92.8 Å². The standard InChI is InChI=1S/C21H22O8/c1-19(2)16-15(25-14(17(23)24-4)11-8-6-5-7-9-11)12-10-13(22)20(3)18(27-20)21(12,26-16)29-28-19/h5-10,14-16,18H,1-4H3/t14-,15+,16+,18-,20-,21-/m0/s1. The Morgan fingerprint density at radius 3 is 2.52 bits per heavy atom. The molecule has 8 nitrogen and oxygen atoms in total. The molecule has 29 heavy (non-hydrogen) atoms. The molecule has 0 radical (unpaired) electrons. The van der Waals surface area contributed by atoms with Crippen LogP contribution in [-0.4, -0.2) is 54.2 Å². The van der Waals surface area contributed by atoms with E-state index in [4.69, 9.17) is 28.7 Å². The highest BCUT2D eigenvalue weighted by molar-refractivity contribution is 6.02. The lowest BCUT2D eigenvalue weighted by atomic mass is 9.82. The minimum Gasteiger partial charge on any atom is -0.467 e. The van der Waals surface area contributed by atoms with Crippen molar-refractivity contribution in [2.45, 2.75) is 62.2 Å². The Balaban J connectivity index is 1.57. The number of esters is 1. The van der Waals surface area contributed by atoms with Crippen molar-refractivity contribution in [3.63, 3.8) is 0 Å². The number of rotatable bonds is 4. The van der Waals surface area contributed by atoms with E-state index in [-0.39, 0.29) is 5.78 Å². The molecule has 8 heteroatoms. The molecule has 0 saturated carbocycles. The first-order chi connectivity index (χ1) is 13.7. The summed E-state index contributed by atoms with van der Waals surface area (Å²) in [7, 11) is 1.30. The van der Waals surface area contributed by atoms with E-state index in [9.17, 15) is 9.59 Å². The molecule has 0 unspecified atom stereocenters. The van der Waals surface area contributed by atoms with Gasteiger partial charge in [-0.1, -0.05) is 30.3 Å². The van der Waals surface area contributed by atoms with Crippen LogP contribution in [0.2, 0.25) is 0 Å². The van der Waals surface area contributed by atoms with Gasteiger partial charge in [-0.05, 0) is 32.4 Å². The van der Waals surface area contributed by atoms with Crippen molar-refractivity contribution >= 4 is 11.8 Å². The SMILES string of the molecule is COC(=O)[C@@H](O[C@@H]1C2=CC(=O)[C@]3(C)O[C@@H]3[C@@]23OOC(C)(C)[C@@H]1O3)c1ccccc1. The van der Waals surface area contributed by atoms with E-state index < -0.39 is 47.4 Å². The second kappa shape index (κ2) is 5.96. The molecule has 1 aromatic rings. The molecule has 154 valence electrons. The molecule has 3 saturated heterocycles. The van der Waals surface area contributed by atoms with Crippen LogP contribution in [0, 0.1) is 0 Å². The molecule has 6 atom stereocenters. The second-order valence-electron chi connectivity index (χ2n) is 8.42. The number of benzene rings is 1. The number of epoxide rings is 1. The predicted octanol–water partition coefficient (Wildman–Crippen LogP) is 1.79. The first-order valence-corrected chi connectivity index (χ1v) is 9.50. The average Bonchev–Trinajstić information content (AvgIpc) is 3.35. The van der Waals surface area contributed by atoms with Gasteiger partial charge >= 0.3 is 5.97 Å². The lowest BCUT2D eigenvalue weighted by Crippen LogP contribution is -2.55. The molecule has 2 bridgehead atoms. The number of hydrogen-bond acceptors (Lipinski definition) is 8. The molecule has 4 aliphatic rings. The first kappa shape index (κ1) is 18.9. The van der Waals surface area contributed by atoms with Gasteiger partial charge in [-0.25, -0.2) is 9.68 Å². The molecule has 1 aromatic carbocycles. The van der Waals surface area contributed by atoms with Gasteiger partial charge in [0.25, 0.3) is 5.79 Å². The zero-order valence-corrected chi connectivity index (χ0v) is 16.5. The maximum atomic E-state index is 12.6. The van der Waals surface area contributed by atoms with Gasteiger partial charge < -0.3 is 18.9 Å². The van der Waals surface area contributed by atoms with Gasteiger partial charge in [-0.15, -0.1) is 0 Å². The van der Waals surface area contributed by atoms with Gasteiger partial charge in [-0.3, -0.25) is 4.79 Å². The van der Waals surface area contributed by atoms with Gasteiger partial charge in [0.1, 0.15) is 17.8 Å². The van der Waals surface area contributed by atoms with Crippen molar-refractivity contribution in [1.82, 2.24) is 0 Å². The molecule has 3 fully saturated rings. The van der Waals surface area contributed by atoms with E-state index in [2.05, 4.69) is 0 Å². The number of ether oxygens (including phenoxy) is 4. The average molecular weight is 402 g/mol. The Morgan fingerprint density at radius 1 is 1.10 bits per heavy atom. The molecule has 0 N–H and O–H groups in total. The summed E-state index contributed by atoms with van der Waals surface area (Å²) in [6.45, 7) is 5.28. The van der Waals surface area contributed by atoms with Gasteiger partial charge in [0, 0.05) is 5.57 Å². The fourth-order valence-corrected chi connectivity index (χ4v) is 4.33. The number of carbonyl (C=O) groups is 2. The molecule has 0 aromatic heterocycles. The number of hydrogen-bond donors (Lipinski definition) is 0. The highest BCUT2D eigenvalue weighted by Gasteiger charge is 2.79. The molecule has 5 rings (SSSR count). The summed E-state index contributed by atoms with van der Waals surface area (Å²) in [5.74, 6) is -2.12. The summed E-state index contributed by atoms with van der Waals surface area (Å²) >= 11 is 0. The highest BCUT2D eigenvalue weighted by Crippen LogP contribution is 2.61. The zero-order valence-electron chi connectivity index (χ0n) is 16.5. The van der Waals surface area contributed by atoms with Crippen molar-refractivity contribution in [2.24, 2.45) is 0 Å². The normalized spacial score (nSPS) is 39.8. The largest absolute Gasteiger partial charge is 0.467 e. The lowest BCUT2D eigenvalue weighted by molar-refractivity contribution is -0.502. The number of ketones is 1. The fraction of sp³-hybridized carbons (Fsp3) is 0.524. The van der Waals surface area contributed by atoms with Crippen LogP contribution >= 0.6 is 0 Å². The van der Waals surface area contributed by atoms with Crippen molar-refractivity contribution in [3.8, 4) is 0 Å². The fourth-order valence-electron chi connectivity index (χ4n) is 4.33. The van der Waals surface area contributed by atoms with E-state index in [0.717, 1.165) is 0 Å². The van der Waals surface area contributed by atoms with Crippen molar-refractivity contribution in [3.05, 3.63) is 47.5 Å². The van der Waals surface area contributed by atoms with E-state index in [1.807, 2.05) is 18.2 Å². The molecule has 1 aliphatic carbocycles. The highest BCUT2D eigenvalue weighted by atomic mass is 17.3. The van der Waals surface area contributed by atoms with Gasteiger partial charge in [0.15, 0.2) is 23.6 Å². The third-order valence-electron chi connectivity index (χ3n) is 6.08. The molecule has 0 amide bonds. The summed E-state index contributed by atoms with van der Waals surface area (Å²) in [6, 6.07) is 9.01. The summed E-state index contributed by atoms with van der Waals surface area (Å²) < 4.78 is 23.2.